The summed E-state index contributed by atoms with van der Waals surface area (Å²) in [5.41, 5.74) is 0.806. The van der Waals surface area contributed by atoms with Crippen molar-refractivity contribution in [3.8, 4) is 11.1 Å². The Morgan fingerprint density at radius 2 is 1.88 bits per heavy atom. The van der Waals surface area contributed by atoms with E-state index in [0.717, 1.165) is 43.1 Å². The quantitative estimate of drug-likeness (QED) is 0.680. The molecule has 2 aromatic heterocycles. The molecule has 0 amide bonds. The predicted molar refractivity (Wildman–Crippen MR) is 93.7 cm³/mol. The van der Waals surface area contributed by atoms with Gasteiger partial charge in [-0.05, 0) is 50.7 Å². The first kappa shape index (κ1) is 17.0. The molecular weight excluding hydrogens is 341 g/mol. The van der Waals surface area contributed by atoms with Crippen LogP contribution in [0.1, 0.15) is 24.4 Å². The van der Waals surface area contributed by atoms with Gasteiger partial charge in [-0.15, -0.1) is 0 Å². The second-order valence-corrected chi connectivity index (χ2v) is 6.80. The Hall–Kier alpha value is -2.41. The Labute approximate surface area is 149 Å². The van der Waals surface area contributed by atoms with Gasteiger partial charge in [0.2, 0.25) is 0 Å². The zero-order valence-corrected chi connectivity index (χ0v) is 14.4. The molecule has 4 rings (SSSR count). The molecule has 0 N–H and O–H groups in total. The molecule has 0 atom stereocenters. The molecule has 26 heavy (non-hydrogen) atoms. The van der Waals surface area contributed by atoms with Crippen LogP contribution in [0.15, 0.2) is 42.9 Å². The monoisotopic (exact) mass is 360 g/mol. The molecule has 0 aliphatic carbocycles. The summed E-state index contributed by atoms with van der Waals surface area (Å²) < 4.78 is 41.8. The number of rotatable bonds is 2. The molecule has 3 aromatic rings. The van der Waals surface area contributed by atoms with E-state index in [9.17, 15) is 13.2 Å². The Kier molecular flexibility index (Phi) is 4.19. The van der Waals surface area contributed by atoms with Crippen LogP contribution in [0.4, 0.5) is 13.2 Å². The zero-order valence-electron chi connectivity index (χ0n) is 14.4. The molecule has 1 aliphatic rings. The van der Waals surface area contributed by atoms with Crippen molar-refractivity contribution in [3.05, 3.63) is 48.4 Å². The van der Waals surface area contributed by atoms with Crippen LogP contribution in [-0.2, 0) is 6.18 Å². The van der Waals surface area contributed by atoms with E-state index < -0.39 is 11.7 Å². The van der Waals surface area contributed by atoms with Crippen molar-refractivity contribution in [2.24, 2.45) is 0 Å². The van der Waals surface area contributed by atoms with Gasteiger partial charge < -0.3 is 4.90 Å². The number of hydrogen-bond acceptors (Lipinski definition) is 3. The van der Waals surface area contributed by atoms with E-state index in [4.69, 9.17) is 0 Å². The van der Waals surface area contributed by atoms with Crippen LogP contribution in [0, 0.1) is 0 Å². The van der Waals surface area contributed by atoms with Gasteiger partial charge in [-0.3, -0.25) is 9.67 Å². The highest BCUT2D eigenvalue weighted by Gasteiger charge is 2.33. The van der Waals surface area contributed by atoms with Gasteiger partial charge in [-0.1, -0.05) is 12.1 Å². The molecule has 0 unspecified atom stereocenters. The number of fused-ring (bicyclic) bond motifs is 1. The minimum Gasteiger partial charge on any atom is -0.306 e. The molecule has 0 saturated carbocycles. The third kappa shape index (κ3) is 3.07. The predicted octanol–water partition coefficient (Wildman–Crippen LogP) is 4.38. The van der Waals surface area contributed by atoms with E-state index in [2.05, 4.69) is 22.0 Å². The van der Waals surface area contributed by atoms with Gasteiger partial charge in [0, 0.05) is 23.3 Å². The number of likely N-dealkylation sites (tertiary alicyclic amines) is 1. The molecule has 0 spiro atoms. The van der Waals surface area contributed by atoms with Crippen LogP contribution in [-0.4, -0.2) is 39.8 Å². The Morgan fingerprint density at radius 3 is 2.62 bits per heavy atom. The molecule has 1 fully saturated rings. The maximum atomic E-state index is 13.3. The van der Waals surface area contributed by atoms with Crippen LogP contribution in [0.5, 0.6) is 0 Å². The lowest BCUT2D eigenvalue weighted by Gasteiger charge is -2.28. The third-order valence-corrected chi connectivity index (χ3v) is 5.05. The number of pyridine rings is 1. The summed E-state index contributed by atoms with van der Waals surface area (Å²) in [5.74, 6) is 0. The van der Waals surface area contributed by atoms with Crippen molar-refractivity contribution in [1.29, 1.82) is 0 Å². The molecule has 0 bridgehead atoms. The molecule has 136 valence electrons. The number of nitrogens with zero attached hydrogens (tertiary/aromatic N) is 4. The maximum absolute atomic E-state index is 13.3. The average Bonchev–Trinajstić information content (AvgIpc) is 3.10. The lowest BCUT2D eigenvalue weighted by Crippen LogP contribution is -2.31. The molecular formula is C19H19F3N4. The van der Waals surface area contributed by atoms with E-state index in [-0.39, 0.29) is 5.52 Å². The lowest BCUT2D eigenvalue weighted by atomic mass is 10.0. The minimum absolute atomic E-state index is 0.0236. The van der Waals surface area contributed by atoms with Gasteiger partial charge >= 0.3 is 6.18 Å². The fraction of sp³-hybridized carbons (Fsp3) is 0.368. The van der Waals surface area contributed by atoms with Crippen LogP contribution in [0.3, 0.4) is 0 Å². The second-order valence-electron chi connectivity index (χ2n) is 6.80. The van der Waals surface area contributed by atoms with Gasteiger partial charge in [-0.2, -0.15) is 18.3 Å². The normalized spacial score (nSPS) is 17.1. The van der Waals surface area contributed by atoms with E-state index in [0.29, 0.717) is 11.4 Å². The second kappa shape index (κ2) is 6.39. The Bertz CT molecular complexity index is 924. The molecule has 7 heteroatoms. The molecule has 1 aliphatic heterocycles. The molecule has 1 saturated heterocycles. The summed E-state index contributed by atoms with van der Waals surface area (Å²) >= 11 is 0. The van der Waals surface area contributed by atoms with E-state index in [1.165, 1.54) is 12.3 Å². The number of para-hydroxylation sites is 1. The number of piperidine rings is 1. The molecule has 4 nitrogen and oxygen atoms in total. The van der Waals surface area contributed by atoms with Crippen molar-refractivity contribution in [1.82, 2.24) is 19.7 Å². The van der Waals surface area contributed by atoms with Gasteiger partial charge in [0.25, 0.3) is 0 Å². The standard InChI is InChI=1S/C19H19F3N4/c1-25-9-6-14(7-10-25)26-12-13(11-24-26)15-5-8-23-18-16(15)3-2-4-17(18)19(20,21)22/h2-5,8,11-12,14H,6-7,9-10H2,1H3. The first-order valence-electron chi connectivity index (χ1n) is 8.61. The number of halogens is 3. The van der Waals surface area contributed by atoms with E-state index in [1.807, 2.05) is 10.9 Å². The van der Waals surface area contributed by atoms with Crippen molar-refractivity contribution in [2.75, 3.05) is 20.1 Å². The highest BCUT2D eigenvalue weighted by molar-refractivity contribution is 5.95. The van der Waals surface area contributed by atoms with Crippen LogP contribution in [0.25, 0.3) is 22.0 Å². The van der Waals surface area contributed by atoms with E-state index in [1.54, 1.807) is 18.3 Å². The first-order valence-corrected chi connectivity index (χ1v) is 8.61. The Morgan fingerprint density at radius 1 is 1.12 bits per heavy atom. The minimum atomic E-state index is -4.43. The fourth-order valence-electron chi connectivity index (χ4n) is 3.59. The summed E-state index contributed by atoms with van der Waals surface area (Å²) in [6.45, 7) is 2.04. The largest absolute Gasteiger partial charge is 0.418 e. The lowest BCUT2D eigenvalue weighted by molar-refractivity contribution is -0.136. The fourth-order valence-corrected chi connectivity index (χ4v) is 3.59. The number of aromatic nitrogens is 3. The highest BCUT2D eigenvalue weighted by Crippen LogP contribution is 2.37. The number of benzene rings is 1. The molecule has 0 radical (unpaired) electrons. The third-order valence-electron chi connectivity index (χ3n) is 5.05. The maximum Gasteiger partial charge on any atom is 0.418 e. The van der Waals surface area contributed by atoms with Crippen LogP contribution < -0.4 is 0 Å². The molecule has 1 aromatic carbocycles. The molecule has 3 heterocycles. The van der Waals surface area contributed by atoms with Crippen LogP contribution >= 0.6 is 0 Å². The van der Waals surface area contributed by atoms with E-state index >= 15 is 0 Å². The van der Waals surface area contributed by atoms with Gasteiger partial charge in [0.15, 0.2) is 0 Å². The van der Waals surface area contributed by atoms with Gasteiger partial charge in [0.05, 0.1) is 23.3 Å². The highest BCUT2D eigenvalue weighted by atomic mass is 19.4. The summed E-state index contributed by atoms with van der Waals surface area (Å²) in [6.07, 6.45) is 2.71. The SMILES string of the molecule is CN1CCC(n2cc(-c3ccnc4c(C(F)(F)F)cccc34)cn2)CC1. The van der Waals surface area contributed by atoms with Gasteiger partial charge in [-0.25, -0.2) is 0 Å². The smallest absolute Gasteiger partial charge is 0.306 e. The van der Waals surface area contributed by atoms with Crippen molar-refractivity contribution in [2.45, 2.75) is 25.1 Å². The summed E-state index contributed by atoms with van der Waals surface area (Å²) in [6, 6.07) is 6.26. The van der Waals surface area contributed by atoms with Crippen LogP contribution in [0.2, 0.25) is 0 Å². The van der Waals surface area contributed by atoms with Crippen molar-refractivity contribution in [3.63, 3.8) is 0 Å². The zero-order chi connectivity index (χ0) is 18.3. The summed E-state index contributed by atoms with van der Waals surface area (Å²) in [7, 11) is 2.10. The topological polar surface area (TPSA) is 34.0 Å². The van der Waals surface area contributed by atoms with Gasteiger partial charge in [0.1, 0.15) is 0 Å². The number of hydrogen-bond donors (Lipinski definition) is 0. The first-order chi connectivity index (χ1) is 12.4. The van der Waals surface area contributed by atoms with Crippen molar-refractivity contribution >= 4 is 10.9 Å². The number of alkyl halides is 3. The Balaban J connectivity index is 1.74. The average molecular weight is 360 g/mol. The van der Waals surface area contributed by atoms with Crippen molar-refractivity contribution < 1.29 is 13.2 Å². The summed E-state index contributed by atoms with van der Waals surface area (Å²) in [4.78, 5) is 6.27. The summed E-state index contributed by atoms with van der Waals surface area (Å²) in [5, 5.41) is 4.97.